The van der Waals surface area contributed by atoms with E-state index in [4.69, 9.17) is 0 Å². The number of alkyl halides is 3. The topological polar surface area (TPSA) is 54.0 Å². The molecule has 2 N–H and O–H groups in total. The molecule has 0 radical (unpaired) electrons. The summed E-state index contributed by atoms with van der Waals surface area (Å²) in [5.41, 5.74) is 2.58. The maximum atomic E-state index is 13.3. The van der Waals surface area contributed by atoms with Gasteiger partial charge in [-0.1, -0.05) is 36.4 Å². The highest BCUT2D eigenvalue weighted by molar-refractivity contribution is 7.09. The third-order valence-corrected chi connectivity index (χ3v) is 6.02. The number of rotatable bonds is 7. The number of hydrogen-bond donors (Lipinski definition) is 2. The number of anilines is 2. The molecule has 4 nitrogen and oxygen atoms in total. The largest absolute Gasteiger partial charge is 0.416 e. The summed E-state index contributed by atoms with van der Waals surface area (Å²) in [6.45, 7) is 2.68. The predicted molar refractivity (Wildman–Crippen MR) is 130 cm³/mol. The summed E-state index contributed by atoms with van der Waals surface area (Å²) in [5, 5.41) is 9.08. The maximum Gasteiger partial charge on any atom is 0.416 e. The van der Waals surface area contributed by atoms with Crippen LogP contribution in [-0.4, -0.2) is 17.4 Å². The summed E-state index contributed by atoms with van der Waals surface area (Å²) in [6.07, 6.45) is -3.75. The number of nitrogens with zero attached hydrogens (tertiary/aromatic N) is 1. The molecule has 34 heavy (non-hydrogen) atoms. The van der Waals surface area contributed by atoms with E-state index in [2.05, 4.69) is 15.6 Å². The molecule has 3 aromatic carbocycles. The second kappa shape index (κ2) is 10.1. The van der Waals surface area contributed by atoms with Crippen LogP contribution in [-0.2, 0) is 12.6 Å². The number of thiazole rings is 1. The number of carbonyl (C=O) groups excluding carboxylic acids is 1. The molecule has 0 fully saturated rings. The average molecular weight is 482 g/mol. The average Bonchev–Trinajstić information content (AvgIpc) is 3.24. The predicted octanol–water partition coefficient (Wildman–Crippen LogP) is 7.04. The van der Waals surface area contributed by atoms with Crippen LogP contribution in [0.4, 0.5) is 24.5 Å². The van der Waals surface area contributed by atoms with Crippen molar-refractivity contribution in [3.8, 4) is 11.1 Å². The van der Waals surface area contributed by atoms with E-state index in [1.165, 1.54) is 6.07 Å². The van der Waals surface area contributed by atoms with Gasteiger partial charge >= 0.3 is 6.18 Å². The minimum atomic E-state index is -4.55. The van der Waals surface area contributed by atoms with Crippen molar-refractivity contribution < 1.29 is 18.0 Å². The first-order valence-electron chi connectivity index (χ1n) is 10.6. The number of nitrogens with one attached hydrogen (secondary N) is 2. The van der Waals surface area contributed by atoms with E-state index in [1.807, 2.05) is 24.4 Å². The van der Waals surface area contributed by atoms with Crippen molar-refractivity contribution in [2.45, 2.75) is 19.5 Å². The van der Waals surface area contributed by atoms with Crippen LogP contribution in [0, 0.1) is 6.92 Å². The first-order valence-corrected chi connectivity index (χ1v) is 11.5. The van der Waals surface area contributed by atoms with Gasteiger partial charge in [-0.25, -0.2) is 4.98 Å². The molecule has 4 rings (SSSR count). The molecule has 0 spiro atoms. The number of benzene rings is 3. The Hall–Kier alpha value is -3.65. The SMILES string of the molecule is Cc1nc(CCNc2ccc(NC(=O)c3cc(C(F)(F)F)ccc3-c3ccccc3)cc2)cs1. The first kappa shape index (κ1) is 23.5. The molecule has 0 saturated carbocycles. The number of aryl methyl sites for hydroxylation is 1. The third kappa shape index (κ3) is 5.82. The normalized spacial score (nSPS) is 11.3. The van der Waals surface area contributed by atoms with E-state index in [1.54, 1.807) is 53.8 Å². The quantitative estimate of drug-likeness (QED) is 0.298. The van der Waals surface area contributed by atoms with E-state index >= 15 is 0 Å². The van der Waals surface area contributed by atoms with Gasteiger partial charge in [-0.2, -0.15) is 13.2 Å². The van der Waals surface area contributed by atoms with Crippen LogP contribution in [0.15, 0.2) is 78.2 Å². The molecule has 0 unspecified atom stereocenters. The Balaban J connectivity index is 1.48. The molecule has 0 bridgehead atoms. The zero-order valence-electron chi connectivity index (χ0n) is 18.3. The smallest absolute Gasteiger partial charge is 0.385 e. The highest BCUT2D eigenvalue weighted by atomic mass is 32.1. The molecule has 4 aromatic rings. The second-order valence-electron chi connectivity index (χ2n) is 7.69. The van der Waals surface area contributed by atoms with Crippen LogP contribution in [0.2, 0.25) is 0 Å². The zero-order chi connectivity index (χ0) is 24.1. The van der Waals surface area contributed by atoms with Crippen LogP contribution in [0.5, 0.6) is 0 Å². The van der Waals surface area contributed by atoms with Gasteiger partial charge in [0.1, 0.15) is 0 Å². The summed E-state index contributed by atoms with van der Waals surface area (Å²) in [7, 11) is 0. The fourth-order valence-corrected chi connectivity index (χ4v) is 4.15. The molecule has 1 heterocycles. The van der Waals surface area contributed by atoms with Gasteiger partial charge in [-0.15, -0.1) is 11.3 Å². The third-order valence-electron chi connectivity index (χ3n) is 5.20. The monoisotopic (exact) mass is 481 g/mol. The van der Waals surface area contributed by atoms with Crippen LogP contribution in [0.1, 0.15) is 26.6 Å². The van der Waals surface area contributed by atoms with Gasteiger partial charge in [-0.05, 0) is 54.4 Å². The Bertz CT molecular complexity index is 1270. The summed E-state index contributed by atoms with van der Waals surface area (Å²) in [4.78, 5) is 17.4. The molecular weight excluding hydrogens is 459 g/mol. The lowest BCUT2D eigenvalue weighted by molar-refractivity contribution is -0.137. The lowest BCUT2D eigenvalue weighted by Gasteiger charge is -2.14. The lowest BCUT2D eigenvalue weighted by atomic mass is 9.96. The number of aromatic nitrogens is 1. The number of hydrogen-bond acceptors (Lipinski definition) is 4. The van der Waals surface area contributed by atoms with Gasteiger partial charge in [0.05, 0.1) is 16.3 Å². The first-order chi connectivity index (χ1) is 16.3. The summed E-state index contributed by atoms with van der Waals surface area (Å²) in [5.74, 6) is -0.607. The lowest BCUT2D eigenvalue weighted by Crippen LogP contribution is -2.15. The molecular formula is C26H22F3N3OS. The van der Waals surface area contributed by atoms with Crippen molar-refractivity contribution in [3.05, 3.63) is 100 Å². The number of amides is 1. The van der Waals surface area contributed by atoms with Gasteiger partial charge in [0.25, 0.3) is 5.91 Å². The maximum absolute atomic E-state index is 13.3. The standard InChI is InChI=1S/C26H22F3N3OS/c1-17-31-22(16-34-17)13-14-30-20-8-10-21(11-9-20)32-25(33)24-15-19(26(27,28)29)7-12-23(24)18-5-3-2-4-6-18/h2-12,15-16,30H,13-14H2,1H3,(H,32,33). The van der Waals surface area contributed by atoms with Gasteiger partial charge in [-0.3, -0.25) is 4.79 Å². The molecule has 0 saturated heterocycles. The van der Waals surface area contributed by atoms with E-state index in [9.17, 15) is 18.0 Å². The number of halogens is 3. The van der Waals surface area contributed by atoms with Crippen LogP contribution in [0.25, 0.3) is 11.1 Å². The van der Waals surface area contributed by atoms with Crippen molar-refractivity contribution >= 4 is 28.6 Å². The van der Waals surface area contributed by atoms with Gasteiger partial charge in [0.2, 0.25) is 0 Å². The fourth-order valence-electron chi connectivity index (χ4n) is 3.51. The Labute approximate surface area is 199 Å². The fraction of sp³-hybridized carbons (Fsp3) is 0.154. The van der Waals surface area contributed by atoms with Crippen molar-refractivity contribution in [1.29, 1.82) is 0 Å². The van der Waals surface area contributed by atoms with E-state index in [0.29, 0.717) is 23.4 Å². The molecule has 8 heteroatoms. The molecule has 1 aromatic heterocycles. The van der Waals surface area contributed by atoms with E-state index in [-0.39, 0.29) is 5.56 Å². The Morgan fingerprint density at radius 2 is 1.68 bits per heavy atom. The molecule has 0 atom stereocenters. The molecule has 174 valence electrons. The van der Waals surface area contributed by atoms with Gasteiger partial charge in [0, 0.05) is 35.3 Å². The second-order valence-corrected chi connectivity index (χ2v) is 8.75. The van der Waals surface area contributed by atoms with Gasteiger partial charge in [0.15, 0.2) is 0 Å². The molecule has 0 aliphatic rings. The van der Waals surface area contributed by atoms with Crippen molar-refractivity contribution in [2.24, 2.45) is 0 Å². The van der Waals surface area contributed by atoms with Gasteiger partial charge < -0.3 is 10.6 Å². The Morgan fingerprint density at radius 3 is 2.32 bits per heavy atom. The molecule has 1 amide bonds. The van der Waals surface area contributed by atoms with Crippen molar-refractivity contribution in [3.63, 3.8) is 0 Å². The van der Waals surface area contributed by atoms with Crippen molar-refractivity contribution in [2.75, 3.05) is 17.2 Å². The number of carbonyl (C=O) groups is 1. The highest BCUT2D eigenvalue weighted by Gasteiger charge is 2.32. The highest BCUT2D eigenvalue weighted by Crippen LogP contribution is 2.34. The van der Waals surface area contributed by atoms with Crippen LogP contribution >= 0.6 is 11.3 Å². The van der Waals surface area contributed by atoms with Crippen LogP contribution in [0.3, 0.4) is 0 Å². The molecule has 0 aliphatic carbocycles. The Morgan fingerprint density at radius 1 is 0.971 bits per heavy atom. The molecule has 0 aliphatic heterocycles. The van der Waals surface area contributed by atoms with E-state index < -0.39 is 17.6 Å². The van der Waals surface area contributed by atoms with E-state index in [0.717, 1.165) is 34.9 Å². The van der Waals surface area contributed by atoms with Crippen LogP contribution < -0.4 is 10.6 Å². The minimum Gasteiger partial charge on any atom is -0.385 e. The minimum absolute atomic E-state index is 0.0400. The zero-order valence-corrected chi connectivity index (χ0v) is 19.1. The summed E-state index contributed by atoms with van der Waals surface area (Å²) < 4.78 is 39.9. The summed E-state index contributed by atoms with van der Waals surface area (Å²) in [6, 6.07) is 19.1. The summed E-state index contributed by atoms with van der Waals surface area (Å²) >= 11 is 1.62. The Kier molecular flexibility index (Phi) is 6.98. The van der Waals surface area contributed by atoms with Crippen molar-refractivity contribution in [1.82, 2.24) is 4.98 Å².